The Balaban J connectivity index is 1.46. The van der Waals surface area contributed by atoms with Crippen molar-refractivity contribution in [1.29, 1.82) is 0 Å². The summed E-state index contributed by atoms with van der Waals surface area (Å²) in [5, 5.41) is 3.86. The lowest BCUT2D eigenvalue weighted by atomic mass is 9.69. The van der Waals surface area contributed by atoms with Crippen LogP contribution in [0.1, 0.15) is 64.7 Å². The third-order valence-corrected chi connectivity index (χ3v) is 5.46. The molecule has 16 heavy (non-hydrogen) atoms. The highest BCUT2D eigenvalue weighted by Crippen LogP contribution is 2.45. The van der Waals surface area contributed by atoms with Gasteiger partial charge in [-0.1, -0.05) is 32.6 Å². The average Bonchev–Trinajstić information content (AvgIpc) is 3.05. The highest BCUT2D eigenvalue weighted by Gasteiger charge is 2.38. The minimum Gasteiger partial charge on any atom is -0.313 e. The van der Waals surface area contributed by atoms with E-state index in [1.807, 2.05) is 0 Å². The van der Waals surface area contributed by atoms with Crippen molar-refractivity contribution in [3.63, 3.8) is 0 Å². The number of fused-ring (bicyclic) bond motifs is 1. The molecular formula is C15H27N. The van der Waals surface area contributed by atoms with Gasteiger partial charge in [0, 0.05) is 12.6 Å². The quantitative estimate of drug-likeness (QED) is 0.765. The molecule has 0 heterocycles. The molecule has 0 saturated heterocycles. The largest absolute Gasteiger partial charge is 0.313 e. The third kappa shape index (κ3) is 2.45. The zero-order valence-corrected chi connectivity index (χ0v) is 10.8. The number of nitrogens with one attached hydrogen (secondary N) is 1. The van der Waals surface area contributed by atoms with E-state index in [2.05, 4.69) is 12.2 Å². The zero-order valence-electron chi connectivity index (χ0n) is 10.8. The van der Waals surface area contributed by atoms with Gasteiger partial charge in [-0.2, -0.15) is 0 Å². The fraction of sp³-hybridized carbons (Fsp3) is 1.00. The van der Waals surface area contributed by atoms with Crippen molar-refractivity contribution in [1.82, 2.24) is 5.32 Å². The summed E-state index contributed by atoms with van der Waals surface area (Å²) in [6.45, 7) is 3.72. The number of rotatable bonds is 3. The van der Waals surface area contributed by atoms with Crippen LogP contribution in [0.25, 0.3) is 0 Å². The van der Waals surface area contributed by atoms with Gasteiger partial charge in [0.2, 0.25) is 0 Å². The van der Waals surface area contributed by atoms with E-state index in [4.69, 9.17) is 0 Å². The fourth-order valence-electron chi connectivity index (χ4n) is 3.84. The third-order valence-electron chi connectivity index (χ3n) is 5.46. The van der Waals surface area contributed by atoms with Gasteiger partial charge in [0.25, 0.3) is 0 Å². The van der Waals surface area contributed by atoms with E-state index in [9.17, 15) is 0 Å². The molecule has 3 unspecified atom stereocenters. The van der Waals surface area contributed by atoms with Crippen LogP contribution in [0.2, 0.25) is 0 Å². The highest BCUT2D eigenvalue weighted by atomic mass is 14.9. The first kappa shape index (κ1) is 11.1. The summed E-state index contributed by atoms with van der Waals surface area (Å²) in [5.41, 5.74) is 0.684. The van der Waals surface area contributed by atoms with Gasteiger partial charge in [-0.15, -0.1) is 0 Å². The molecule has 3 aliphatic rings. The van der Waals surface area contributed by atoms with Crippen molar-refractivity contribution in [2.24, 2.45) is 17.3 Å². The van der Waals surface area contributed by atoms with E-state index in [0.717, 1.165) is 17.9 Å². The first-order chi connectivity index (χ1) is 7.75. The molecule has 3 fully saturated rings. The van der Waals surface area contributed by atoms with Crippen LogP contribution < -0.4 is 5.32 Å². The van der Waals surface area contributed by atoms with Gasteiger partial charge in [0.1, 0.15) is 0 Å². The van der Waals surface area contributed by atoms with E-state index >= 15 is 0 Å². The molecule has 3 aliphatic carbocycles. The van der Waals surface area contributed by atoms with E-state index in [1.165, 1.54) is 64.3 Å². The molecule has 1 N–H and O–H groups in total. The molecule has 1 nitrogen and oxygen atoms in total. The maximum absolute atomic E-state index is 3.86. The molecular weight excluding hydrogens is 194 g/mol. The molecule has 3 saturated carbocycles. The van der Waals surface area contributed by atoms with E-state index < -0.39 is 0 Å². The van der Waals surface area contributed by atoms with E-state index in [1.54, 1.807) is 0 Å². The van der Waals surface area contributed by atoms with Gasteiger partial charge in [0.15, 0.2) is 0 Å². The molecule has 1 heteroatoms. The molecule has 3 rings (SSSR count). The molecule has 0 aliphatic heterocycles. The van der Waals surface area contributed by atoms with Crippen molar-refractivity contribution in [2.45, 2.75) is 70.8 Å². The van der Waals surface area contributed by atoms with Crippen molar-refractivity contribution in [3.05, 3.63) is 0 Å². The Kier molecular flexibility index (Phi) is 2.99. The second-order valence-electron chi connectivity index (χ2n) is 7.01. The van der Waals surface area contributed by atoms with Crippen LogP contribution in [0, 0.1) is 17.3 Å². The van der Waals surface area contributed by atoms with Gasteiger partial charge >= 0.3 is 0 Å². The first-order valence-corrected chi connectivity index (χ1v) is 7.49. The van der Waals surface area contributed by atoms with Crippen LogP contribution >= 0.6 is 0 Å². The van der Waals surface area contributed by atoms with Crippen molar-refractivity contribution in [3.8, 4) is 0 Å². The standard InChI is InChI=1S/C15H27N/c1-15(8-9-15)11-16-14-7-6-12-4-2-3-5-13(12)10-14/h12-14,16H,2-11H2,1H3. The minimum atomic E-state index is 0.684. The van der Waals surface area contributed by atoms with Gasteiger partial charge < -0.3 is 5.32 Å². The van der Waals surface area contributed by atoms with E-state index in [0.29, 0.717) is 5.41 Å². The Morgan fingerprint density at radius 3 is 2.50 bits per heavy atom. The molecule has 0 radical (unpaired) electrons. The Labute approximate surface area is 100 Å². The molecule has 92 valence electrons. The molecule has 0 aromatic rings. The monoisotopic (exact) mass is 221 g/mol. The number of hydrogen-bond acceptors (Lipinski definition) is 1. The van der Waals surface area contributed by atoms with E-state index in [-0.39, 0.29) is 0 Å². The van der Waals surface area contributed by atoms with Crippen LogP contribution in [-0.4, -0.2) is 12.6 Å². The molecule has 0 bridgehead atoms. The van der Waals surface area contributed by atoms with Crippen molar-refractivity contribution < 1.29 is 0 Å². The van der Waals surface area contributed by atoms with Crippen LogP contribution in [-0.2, 0) is 0 Å². The lowest BCUT2D eigenvalue weighted by molar-refractivity contribution is 0.141. The van der Waals surface area contributed by atoms with Crippen molar-refractivity contribution >= 4 is 0 Å². The summed E-state index contributed by atoms with van der Waals surface area (Å²) in [6, 6.07) is 0.858. The molecule has 3 atom stereocenters. The normalized spacial score (nSPS) is 41.4. The van der Waals surface area contributed by atoms with Crippen LogP contribution in [0.5, 0.6) is 0 Å². The van der Waals surface area contributed by atoms with Gasteiger partial charge in [-0.05, 0) is 49.4 Å². The summed E-state index contributed by atoms with van der Waals surface area (Å²) in [7, 11) is 0. The highest BCUT2D eigenvalue weighted by molar-refractivity contribution is 4.93. The topological polar surface area (TPSA) is 12.0 Å². The summed E-state index contributed by atoms with van der Waals surface area (Å²) in [5.74, 6) is 2.18. The summed E-state index contributed by atoms with van der Waals surface area (Å²) in [4.78, 5) is 0. The number of hydrogen-bond donors (Lipinski definition) is 1. The van der Waals surface area contributed by atoms with Gasteiger partial charge in [-0.25, -0.2) is 0 Å². The molecule has 0 aromatic carbocycles. The Morgan fingerprint density at radius 2 is 1.75 bits per heavy atom. The predicted molar refractivity (Wildman–Crippen MR) is 68.4 cm³/mol. The SMILES string of the molecule is CC1(CNC2CCC3CCCCC3C2)CC1. The minimum absolute atomic E-state index is 0.684. The maximum atomic E-state index is 3.86. The molecule has 0 aromatic heterocycles. The Hall–Kier alpha value is -0.0400. The van der Waals surface area contributed by atoms with Crippen molar-refractivity contribution in [2.75, 3.05) is 6.54 Å². The summed E-state index contributed by atoms with van der Waals surface area (Å²) < 4.78 is 0. The Bertz CT molecular complexity index is 244. The lowest BCUT2D eigenvalue weighted by Crippen LogP contribution is -2.40. The molecule has 0 amide bonds. The lowest BCUT2D eigenvalue weighted by Gasteiger charge is -2.40. The molecule has 0 spiro atoms. The van der Waals surface area contributed by atoms with Gasteiger partial charge in [-0.3, -0.25) is 0 Å². The van der Waals surface area contributed by atoms with Crippen LogP contribution in [0.15, 0.2) is 0 Å². The summed E-state index contributed by atoms with van der Waals surface area (Å²) in [6.07, 6.45) is 13.5. The first-order valence-electron chi connectivity index (χ1n) is 7.49. The second-order valence-corrected chi connectivity index (χ2v) is 7.01. The smallest absolute Gasteiger partial charge is 0.00701 e. The predicted octanol–water partition coefficient (Wildman–Crippen LogP) is 3.74. The zero-order chi connectivity index (χ0) is 11.0. The van der Waals surface area contributed by atoms with Crippen LogP contribution in [0.3, 0.4) is 0 Å². The summed E-state index contributed by atoms with van der Waals surface area (Å²) >= 11 is 0. The fourth-order valence-corrected chi connectivity index (χ4v) is 3.84. The van der Waals surface area contributed by atoms with Crippen LogP contribution in [0.4, 0.5) is 0 Å². The Morgan fingerprint density at radius 1 is 1.00 bits per heavy atom. The maximum Gasteiger partial charge on any atom is 0.00701 e. The average molecular weight is 221 g/mol. The second kappa shape index (κ2) is 4.33. The van der Waals surface area contributed by atoms with Gasteiger partial charge in [0.05, 0.1) is 0 Å².